The van der Waals surface area contributed by atoms with Crippen molar-refractivity contribution in [2.45, 2.75) is 104 Å². The van der Waals surface area contributed by atoms with Crippen molar-refractivity contribution in [2.24, 2.45) is 11.3 Å². The number of amides is 1. The highest BCUT2D eigenvalue weighted by molar-refractivity contribution is 7.90. The minimum atomic E-state index is -1.03. The van der Waals surface area contributed by atoms with E-state index in [0.717, 1.165) is 25.8 Å². The lowest BCUT2D eigenvalue weighted by Gasteiger charge is -2.59. The van der Waals surface area contributed by atoms with Crippen LogP contribution in [0.15, 0.2) is 0 Å². The Labute approximate surface area is 169 Å². The number of carbonyl (C=O) groups excluding carboxylic acids is 1. The predicted molar refractivity (Wildman–Crippen MR) is 112 cm³/mol. The van der Waals surface area contributed by atoms with Gasteiger partial charge in [0, 0.05) is 29.4 Å². The summed E-state index contributed by atoms with van der Waals surface area (Å²) in [5, 5.41) is 0. The lowest BCUT2D eigenvalue weighted by molar-refractivity contribution is -0.0681. The maximum Gasteiger partial charge on any atom is 0.410 e. The summed E-state index contributed by atoms with van der Waals surface area (Å²) in [5.74, 6) is 0.388. The molecular formula is C21H40N2O3S. The Bertz CT molecular complexity index is 541. The number of likely N-dealkylation sites (tertiary alicyclic amines) is 1. The van der Waals surface area contributed by atoms with Gasteiger partial charge in [0.15, 0.2) is 0 Å². The number of ether oxygens (including phenoxy) is 1. The van der Waals surface area contributed by atoms with Gasteiger partial charge in [-0.15, -0.1) is 4.31 Å². The zero-order valence-electron chi connectivity index (χ0n) is 18.8. The van der Waals surface area contributed by atoms with Crippen molar-refractivity contribution >= 4 is 17.5 Å². The van der Waals surface area contributed by atoms with Gasteiger partial charge >= 0.3 is 6.09 Å². The second-order valence-electron chi connectivity index (χ2n) is 10.8. The second-order valence-corrected chi connectivity index (χ2v) is 13.0. The van der Waals surface area contributed by atoms with Crippen LogP contribution >= 0.6 is 0 Å². The summed E-state index contributed by atoms with van der Waals surface area (Å²) in [7, 11) is 0. The van der Waals surface area contributed by atoms with Gasteiger partial charge in [-0.2, -0.15) is 0 Å². The summed E-state index contributed by atoms with van der Waals surface area (Å²) < 4.78 is 20.7. The minimum Gasteiger partial charge on any atom is -0.597 e. The molecule has 2 aliphatic heterocycles. The van der Waals surface area contributed by atoms with Gasteiger partial charge < -0.3 is 14.2 Å². The van der Waals surface area contributed by atoms with Crippen LogP contribution in [0.3, 0.4) is 0 Å². The van der Waals surface area contributed by atoms with Crippen LogP contribution in [0.1, 0.15) is 81.6 Å². The molecule has 1 spiro atoms. The zero-order valence-corrected chi connectivity index (χ0v) is 19.6. The van der Waals surface area contributed by atoms with Crippen LogP contribution in [-0.2, 0) is 16.1 Å². The quantitative estimate of drug-likeness (QED) is 0.636. The third-order valence-corrected chi connectivity index (χ3v) is 7.55. The van der Waals surface area contributed by atoms with Gasteiger partial charge in [-0.05, 0) is 67.2 Å². The Morgan fingerprint density at radius 3 is 2.26 bits per heavy atom. The Morgan fingerprint density at radius 2 is 1.78 bits per heavy atom. The molecule has 0 aromatic carbocycles. The summed E-state index contributed by atoms with van der Waals surface area (Å²) in [4.78, 5) is 14.8. The van der Waals surface area contributed by atoms with E-state index in [4.69, 9.17) is 4.74 Å². The monoisotopic (exact) mass is 400 g/mol. The molecule has 4 atom stereocenters. The standard InChI is InChI=1S/C21H40N2O3S/c1-15(2)17-21(14-23(17)27(25)20(7,8)9)12-10-11-16(3)22(13-21)18(24)26-19(4,5)6/h15-17H,10-14H2,1-9H3/t16-,17+,21+,27?/m0/s1. The number of rotatable bonds is 2. The van der Waals surface area contributed by atoms with Crippen LogP contribution in [0.25, 0.3) is 0 Å². The topological polar surface area (TPSA) is 55.8 Å². The van der Waals surface area contributed by atoms with Crippen molar-refractivity contribution in [3.8, 4) is 0 Å². The molecule has 0 aromatic heterocycles. The molecule has 0 N–H and O–H groups in total. The Kier molecular flexibility index (Phi) is 6.55. The van der Waals surface area contributed by atoms with Crippen molar-refractivity contribution < 1.29 is 14.1 Å². The molecule has 0 radical (unpaired) electrons. The van der Waals surface area contributed by atoms with Gasteiger partial charge in [-0.3, -0.25) is 0 Å². The van der Waals surface area contributed by atoms with Crippen LogP contribution in [-0.4, -0.2) is 55.4 Å². The average Bonchev–Trinajstić information content (AvgIpc) is 2.61. The highest BCUT2D eigenvalue weighted by Gasteiger charge is 2.61. The van der Waals surface area contributed by atoms with Crippen molar-refractivity contribution in [3.63, 3.8) is 0 Å². The number of carbonyl (C=O) groups is 1. The van der Waals surface area contributed by atoms with Crippen LogP contribution in [0, 0.1) is 11.3 Å². The van der Waals surface area contributed by atoms with E-state index in [2.05, 4.69) is 25.1 Å². The molecular weight excluding hydrogens is 360 g/mol. The first-order valence-corrected chi connectivity index (χ1v) is 11.5. The molecule has 6 heteroatoms. The van der Waals surface area contributed by atoms with Crippen LogP contribution < -0.4 is 0 Å². The van der Waals surface area contributed by atoms with E-state index in [0.29, 0.717) is 12.5 Å². The summed E-state index contributed by atoms with van der Waals surface area (Å²) >= 11 is -1.03. The van der Waals surface area contributed by atoms with Gasteiger partial charge in [0.1, 0.15) is 10.3 Å². The van der Waals surface area contributed by atoms with E-state index in [1.165, 1.54) is 0 Å². The molecule has 1 amide bonds. The fourth-order valence-corrected chi connectivity index (χ4v) is 6.41. The molecule has 27 heavy (non-hydrogen) atoms. The van der Waals surface area contributed by atoms with E-state index < -0.39 is 17.0 Å². The van der Waals surface area contributed by atoms with Crippen molar-refractivity contribution in [3.05, 3.63) is 0 Å². The number of hydrogen-bond donors (Lipinski definition) is 0. The van der Waals surface area contributed by atoms with Crippen molar-refractivity contribution in [1.29, 1.82) is 0 Å². The molecule has 0 aromatic rings. The summed E-state index contributed by atoms with van der Waals surface area (Å²) in [6, 6.07) is 0.405. The first-order valence-electron chi connectivity index (χ1n) is 10.4. The van der Waals surface area contributed by atoms with Gasteiger partial charge in [0.25, 0.3) is 0 Å². The number of nitrogens with zero attached hydrogens (tertiary/aromatic N) is 2. The maximum atomic E-state index is 13.1. The molecule has 2 aliphatic rings. The zero-order chi connectivity index (χ0) is 20.8. The van der Waals surface area contributed by atoms with E-state index >= 15 is 0 Å². The molecule has 0 saturated carbocycles. The lowest BCUT2D eigenvalue weighted by atomic mass is 9.66. The second kappa shape index (κ2) is 7.75. The third kappa shape index (κ3) is 4.94. The van der Waals surface area contributed by atoms with E-state index in [9.17, 15) is 9.35 Å². The SMILES string of the molecule is CC(C)[C@H]1N([S+]([O-])C(C)(C)C)C[C@]12CCC[C@H](C)N(C(=O)OC(C)(C)C)C2. The molecule has 1 unspecified atom stereocenters. The van der Waals surface area contributed by atoms with Crippen LogP contribution in [0.4, 0.5) is 4.79 Å². The average molecular weight is 401 g/mol. The summed E-state index contributed by atoms with van der Waals surface area (Å²) in [6.45, 7) is 19.9. The summed E-state index contributed by atoms with van der Waals surface area (Å²) in [5.41, 5.74) is -0.482. The van der Waals surface area contributed by atoms with Crippen molar-refractivity contribution in [1.82, 2.24) is 9.21 Å². The van der Waals surface area contributed by atoms with E-state index in [1.807, 2.05) is 46.4 Å². The lowest BCUT2D eigenvalue weighted by Crippen LogP contribution is -2.72. The largest absolute Gasteiger partial charge is 0.597 e. The Morgan fingerprint density at radius 1 is 1.19 bits per heavy atom. The molecule has 2 fully saturated rings. The van der Waals surface area contributed by atoms with E-state index in [-0.39, 0.29) is 28.3 Å². The van der Waals surface area contributed by atoms with E-state index in [1.54, 1.807) is 0 Å². The van der Waals surface area contributed by atoms with Crippen molar-refractivity contribution in [2.75, 3.05) is 13.1 Å². The Hall–Kier alpha value is -0.460. The first kappa shape index (κ1) is 22.8. The molecule has 2 saturated heterocycles. The highest BCUT2D eigenvalue weighted by atomic mass is 32.2. The molecule has 2 rings (SSSR count). The van der Waals surface area contributed by atoms with Crippen LogP contribution in [0.5, 0.6) is 0 Å². The maximum absolute atomic E-state index is 13.1. The molecule has 158 valence electrons. The fourth-order valence-electron chi connectivity index (χ4n) is 4.66. The first-order chi connectivity index (χ1) is 12.2. The smallest absolute Gasteiger partial charge is 0.410 e. The summed E-state index contributed by atoms with van der Waals surface area (Å²) in [6.07, 6.45) is 2.96. The van der Waals surface area contributed by atoms with Gasteiger partial charge in [0.05, 0.1) is 12.6 Å². The predicted octanol–water partition coefficient (Wildman–Crippen LogP) is 4.58. The molecule has 2 heterocycles. The molecule has 5 nitrogen and oxygen atoms in total. The van der Waals surface area contributed by atoms with Gasteiger partial charge in [0.2, 0.25) is 0 Å². The molecule has 0 aliphatic carbocycles. The Balaban J connectivity index is 2.26. The third-order valence-electron chi connectivity index (χ3n) is 5.72. The van der Waals surface area contributed by atoms with Gasteiger partial charge in [-0.25, -0.2) is 4.79 Å². The normalized spacial score (nSPS) is 31.6. The minimum absolute atomic E-state index is 0.0107. The molecule has 0 bridgehead atoms. The highest BCUT2D eigenvalue weighted by Crippen LogP contribution is 2.50. The fraction of sp³-hybridized carbons (Fsp3) is 0.952. The van der Waals surface area contributed by atoms with Crippen LogP contribution in [0.2, 0.25) is 0 Å². The van der Waals surface area contributed by atoms with Gasteiger partial charge in [-0.1, -0.05) is 20.3 Å². The number of hydrogen-bond acceptors (Lipinski definition) is 4.